The van der Waals surface area contributed by atoms with Gasteiger partial charge in [-0.15, -0.1) is 0 Å². The standard InChI is InChI=1S/C75H147NO5/c1-3-5-7-9-11-13-15-17-18-19-35-39-42-45-49-53-57-61-65-69-75(80)81-70-66-62-58-54-50-46-43-40-37-34-32-30-28-26-24-22-20-21-23-25-27-29-31-33-36-38-41-44-48-52-56-60-64-68-74(79)76-72(71-77)73(78)67-63-59-55-51-47-16-14-12-10-8-6-4-2/h17-18,72-73,77-78H,3-16,19-71H2,1-2H3,(H,76,79)/b18-17-. The lowest BCUT2D eigenvalue weighted by Crippen LogP contribution is -2.45. The van der Waals surface area contributed by atoms with Crippen molar-refractivity contribution in [2.45, 2.75) is 443 Å². The van der Waals surface area contributed by atoms with Crippen molar-refractivity contribution in [1.82, 2.24) is 5.32 Å². The molecule has 482 valence electrons. The lowest BCUT2D eigenvalue weighted by molar-refractivity contribution is -0.143. The van der Waals surface area contributed by atoms with Gasteiger partial charge in [0.05, 0.1) is 25.4 Å². The number of unbranched alkanes of at least 4 members (excludes halogenated alkanes) is 58. The summed E-state index contributed by atoms with van der Waals surface area (Å²) in [6, 6.07) is -0.536. The van der Waals surface area contributed by atoms with Crippen LogP contribution in [0, 0.1) is 0 Å². The second kappa shape index (κ2) is 71.1. The van der Waals surface area contributed by atoms with Crippen molar-refractivity contribution in [3.05, 3.63) is 12.2 Å². The number of esters is 1. The lowest BCUT2D eigenvalue weighted by atomic mass is 10.0. The zero-order valence-electron chi connectivity index (χ0n) is 55.3. The molecule has 0 aliphatic rings. The number of ether oxygens (including phenoxy) is 1. The lowest BCUT2D eigenvalue weighted by Gasteiger charge is -2.22. The third-order valence-electron chi connectivity index (χ3n) is 17.8. The van der Waals surface area contributed by atoms with Crippen molar-refractivity contribution in [1.29, 1.82) is 0 Å². The largest absolute Gasteiger partial charge is 0.466 e. The maximum Gasteiger partial charge on any atom is 0.305 e. The highest BCUT2D eigenvalue weighted by atomic mass is 16.5. The summed E-state index contributed by atoms with van der Waals surface area (Å²) in [5.41, 5.74) is 0. The SMILES string of the molecule is CCCCCCCC/C=C\CCCCCCCCCCCC(=O)OCCCCCCCCCCCCCCCCCCCCCCCCCCCCCCCCCCCC(=O)NC(CO)C(O)CCCCCCCCCCCCCC. The van der Waals surface area contributed by atoms with E-state index in [0.717, 1.165) is 38.5 Å². The third-order valence-corrected chi connectivity index (χ3v) is 17.8. The molecular weight excluding hydrogens is 995 g/mol. The fourth-order valence-corrected chi connectivity index (χ4v) is 12.1. The van der Waals surface area contributed by atoms with Crippen molar-refractivity contribution in [2.75, 3.05) is 13.2 Å². The molecule has 3 N–H and O–H groups in total. The van der Waals surface area contributed by atoms with E-state index >= 15 is 0 Å². The summed E-state index contributed by atoms with van der Waals surface area (Å²) < 4.78 is 5.52. The molecule has 0 heterocycles. The van der Waals surface area contributed by atoms with E-state index in [9.17, 15) is 19.8 Å². The number of hydrogen-bond donors (Lipinski definition) is 3. The number of amides is 1. The molecule has 2 unspecified atom stereocenters. The molecule has 0 saturated heterocycles. The Kier molecular flexibility index (Phi) is 69.9. The van der Waals surface area contributed by atoms with Crippen molar-refractivity contribution in [3.63, 3.8) is 0 Å². The zero-order valence-corrected chi connectivity index (χ0v) is 55.3. The normalized spacial score (nSPS) is 12.5. The van der Waals surface area contributed by atoms with Crippen molar-refractivity contribution in [3.8, 4) is 0 Å². The van der Waals surface area contributed by atoms with Crippen molar-refractivity contribution < 1.29 is 24.5 Å². The Bertz CT molecular complexity index is 1220. The van der Waals surface area contributed by atoms with Crippen LogP contribution in [-0.2, 0) is 14.3 Å². The van der Waals surface area contributed by atoms with Crippen LogP contribution in [0.2, 0.25) is 0 Å². The Balaban J connectivity index is 3.28. The molecule has 0 aromatic rings. The predicted octanol–water partition coefficient (Wildman–Crippen LogP) is 24.3. The van der Waals surface area contributed by atoms with Gasteiger partial charge in [-0.2, -0.15) is 0 Å². The van der Waals surface area contributed by atoms with Gasteiger partial charge in [0.15, 0.2) is 0 Å². The number of carbonyl (C=O) groups excluding carboxylic acids is 2. The molecule has 6 nitrogen and oxygen atoms in total. The molecular formula is C75H147NO5. The molecule has 81 heavy (non-hydrogen) atoms. The van der Waals surface area contributed by atoms with Gasteiger partial charge in [0.2, 0.25) is 5.91 Å². The van der Waals surface area contributed by atoms with Gasteiger partial charge in [-0.05, 0) is 51.4 Å². The number of aliphatic hydroxyl groups excluding tert-OH is 2. The van der Waals surface area contributed by atoms with Gasteiger partial charge >= 0.3 is 5.97 Å². The van der Waals surface area contributed by atoms with Crippen LogP contribution < -0.4 is 5.32 Å². The van der Waals surface area contributed by atoms with E-state index in [1.807, 2.05) is 0 Å². The van der Waals surface area contributed by atoms with E-state index in [-0.39, 0.29) is 18.5 Å². The first kappa shape index (κ1) is 79.6. The second-order valence-electron chi connectivity index (χ2n) is 26.0. The number of carbonyl (C=O) groups is 2. The molecule has 1 amide bonds. The summed E-state index contributed by atoms with van der Waals surface area (Å²) in [7, 11) is 0. The van der Waals surface area contributed by atoms with E-state index in [0.29, 0.717) is 25.9 Å². The summed E-state index contributed by atoms with van der Waals surface area (Å²) in [6.45, 7) is 4.99. The quantitative estimate of drug-likeness (QED) is 0.0320. The fourth-order valence-electron chi connectivity index (χ4n) is 12.1. The van der Waals surface area contributed by atoms with E-state index in [1.165, 1.54) is 360 Å². The summed E-state index contributed by atoms with van der Waals surface area (Å²) in [6.07, 6.45) is 88.7. The van der Waals surface area contributed by atoms with Crippen LogP contribution in [0.4, 0.5) is 0 Å². The molecule has 0 radical (unpaired) electrons. The molecule has 0 saturated carbocycles. The average molecular weight is 1140 g/mol. The molecule has 0 fully saturated rings. The molecule has 0 aromatic carbocycles. The highest BCUT2D eigenvalue weighted by Crippen LogP contribution is 2.20. The van der Waals surface area contributed by atoms with Gasteiger partial charge in [0.1, 0.15) is 0 Å². The molecule has 0 spiro atoms. The van der Waals surface area contributed by atoms with Gasteiger partial charge in [0.25, 0.3) is 0 Å². The van der Waals surface area contributed by atoms with E-state index in [1.54, 1.807) is 0 Å². The van der Waals surface area contributed by atoms with Crippen LogP contribution in [0.1, 0.15) is 431 Å². The Hall–Kier alpha value is -1.40. The minimum atomic E-state index is -0.659. The van der Waals surface area contributed by atoms with E-state index in [2.05, 4.69) is 31.3 Å². The first-order valence-electron chi connectivity index (χ1n) is 37.4. The summed E-state index contributed by atoms with van der Waals surface area (Å²) in [5.74, 6) is -0.00567. The second-order valence-corrected chi connectivity index (χ2v) is 26.0. The number of nitrogens with one attached hydrogen (secondary N) is 1. The molecule has 0 aliphatic carbocycles. The minimum absolute atomic E-state index is 0.0223. The Morgan fingerprint density at radius 1 is 0.333 bits per heavy atom. The fraction of sp³-hybridized carbons (Fsp3) is 0.947. The third kappa shape index (κ3) is 67.6. The minimum Gasteiger partial charge on any atom is -0.466 e. The zero-order chi connectivity index (χ0) is 58.5. The van der Waals surface area contributed by atoms with Gasteiger partial charge in [-0.25, -0.2) is 0 Å². The molecule has 0 aromatic heterocycles. The Morgan fingerprint density at radius 3 is 0.877 bits per heavy atom. The number of aliphatic hydroxyl groups is 2. The molecule has 2 atom stereocenters. The van der Waals surface area contributed by atoms with Crippen LogP contribution in [0.3, 0.4) is 0 Å². The molecule has 0 bridgehead atoms. The van der Waals surface area contributed by atoms with Crippen LogP contribution in [0.15, 0.2) is 12.2 Å². The van der Waals surface area contributed by atoms with Crippen LogP contribution in [0.25, 0.3) is 0 Å². The molecule has 0 aliphatic heterocycles. The van der Waals surface area contributed by atoms with Crippen molar-refractivity contribution >= 4 is 11.9 Å². The summed E-state index contributed by atoms with van der Waals surface area (Å²) >= 11 is 0. The van der Waals surface area contributed by atoms with E-state index in [4.69, 9.17) is 4.74 Å². The summed E-state index contributed by atoms with van der Waals surface area (Å²) in [4.78, 5) is 24.6. The van der Waals surface area contributed by atoms with Gasteiger partial charge < -0.3 is 20.3 Å². The maximum atomic E-state index is 12.5. The first-order valence-corrected chi connectivity index (χ1v) is 37.4. The number of hydrogen-bond acceptors (Lipinski definition) is 5. The Morgan fingerprint density at radius 2 is 0.580 bits per heavy atom. The first-order chi connectivity index (χ1) is 40.0. The Labute approximate surface area is 508 Å². The predicted molar refractivity (Wildman–Crippen MR) is 357 cm³/mol. The molecule has 6 heteroatoms. The highest BCUT2D eigenvalue weighted by Gasteiger charge is 2.20. The summed E-state index contributed by atoms with van der Waals surface area (Å²) in [5, 5.41) is 23.3. The van der Waals surface area contributed by atoms with Crippen LogP contribution in [-0.4, -0.2) is 47.4 Å². The van der Waals surface area contributed by atoms with Crippen molar-refractivity contribution in [2.24, 2.45) is 0 Å². The molecule has 0 rings (SSSR count). The van der Waals surface area contributed by atoms with Crippen LogP contribution >= 0.6 is 0 Å². The maximum absolute atomic E-state index is 12.5. The van der Waals surface area contributed by atoms with E-state index < -0.39 is 12.1 Å². The van der Waals surface area contributed by atoms with Crippen LogP contribution in [0.5, 0.6) is 0 Å². The van der Waals surface area contributed by atoms with Gasteiger partial charge in [0, 0.05) is 12.8 Å². The smallest absolute Gasteiger partial charge is 0.305 e. The number of rotatable bonds is 71. The highest BCUT2D eigenvalue weighted by molar-refractivity contribution is 5.76. The monoisotopic (exact) mass is 1140 g/mol. The topological polar surface area (TPSA) is 95.9 Å². The number of allylic oxidation sites excluding steroid dienone is 2. The van der Waals surface area contributed by atoms with Gasteiger partial charge in [-0.3, -0.25) is 9.59 Å². The average Bonchev–Trinajstić information content (AvgIpc) is 3.47. The van der Waals surface area contributed by atoms with Gasteiger partial charge in [-0.1, -0.05) is 379 Å².